The number of pyridine rings is 1. The summed E-state index contributed by atoms with van der Waals surface area (Å²) in [5.74, 6) is 0.851. The van der Waals surface area contributed by atoms with Gasteiger partial charge in [0.25, 0.3) is 5.91 Å². The highest BCUT2D eigenvalue weighted by Gasteiger charge is 2.28. The number of aromatic nitrogens is 6. The number of aliphatic hydroxyl groups is 1. The normalized spacial score (nSPS) is 14.7. The zero-order valence-electron chi connectivity index (χ0n) is 20.8. The Balaban J connectivity index is 1.36. The predicted octanol–water partition coefficient (Wildman–Crippen LogP) is 1.52. The molecule has 5 rings (SSSR count). The minimum Gasteiger partial charge on any atom is -0.470 e. The maximum absolute atomic E-state index is 12.5. The molecule has 0 aliphatic carbocycles. The average molecular weight is 509 g/mol. The summed E-state index contributed by atoms with van der Waals surface area (Å²) < 4.78 is 18.1. The van der Waals surface area contributed by atoms with Gasteiger partial charge in [0.05, 0.1) is 36.2 Å². The van der Waals surface area contributed by atoms with Crippen LogP contribution >= 0.6 is 0 Å². The molecule has 5 heterocycles. The van der Waals surface area contributed by atoms with Crippen LogP contribution in [0.15, 0.2) is 35.1 Å². The highest BCUT2D eigenvalue weighted by Crippen LogP contribution is 2.36. The van der Waals surface area contributed by atoms with E-state index in [2.05, 4.69) is 51.6 Å². The van der Waals surface area contributed by atoms with Crippen LogP contribution in [0.5, 0.6) is 5.88 Å². The summed E-state index contributed by atoms with van der Waals surface area (Å²) in [4.78, 5) is 16.9. The van der Waals surface area contributed by atoms with Gasteiger partial charge >= 0.3 is 0 Å². The van der Waals surface area contributed by atoms with Gasteiger partial charge in [-0.15, -0.1) is 10.2 Å². The van der Waals surface area contributed by atoms with Crippen LogP contribution in [0.3, 0.4) is 0 Å². The third kappa shape index (κ3) is 5.28. The fraction of sp³-hybridized carbons (Fsp3) is 0.417. The van der Waals surface area contributed by atoms with E-state index in [4.69, 9.17) is 14.0 Å². The van der Waals surface area contributed by atoms with E-state index in [1.165, 1.54) is 6.20 Å². The number of amides is 1. The predicted molar refractivity (Wildman–Crippen MR) is 129 cm³/mol. The molecule has 13 heteroatoms. The van der Waals surface area contributed by atoms with Crippen molar-refractivity contribution in [3.63, 3.8) is 0 Å². The Hall–Kier alpha value is -3.94. The number of carbonyl (C=O) groups is 1. The lowest BCUT2D eigenvalue weighted by Gasteiger charge is -2.26. The molecule has 1 aliphatic rings. The molecule has 1 saturated heterocycles. The van der Waals surface area contributed by atoms with Crippen LogP contribution in [0.4, 0.5) is 0 Å². The standard InChI is InChI=1S/C24H28N8O5/c1-24(2,3)20-19-12-26-27-21(18-10-17(13-33)37-30-18)32(19)29-23(20)36-14-16-5-4-15(11-25-16)22(34)28-31-6-8-35-9-7-31/h4-5,10-12,33H,6-9,13-14H2,1-3H3,(H,28,34). The lowest BCUT2D eigenvalue weighted by molar-refractivity contribution is 0.0126. The second kappa shape index (κ2) is 10.2. The van der Waals surface area contributed by atoms with Crippen LogP contribution in [0.25, 0.3) is 17.0 Å². The first-order valence-electron chi connectivity index (χ1n) is 11.9. The van der Waals surface area contributed by atoms with Gasteiger partial charge in [0.2, 0.25) is 11.7 Å². The minimum absolute atomic E-state index is 0.146. The molecule has 4 aromatic heterocycles. The third-order valence-electron chi connectivity index (χ3n) is 5.83. The number of rotatable bonds is 7. The van der Waals surface area contributed by atoms with Crippen molar-refractivity contribution in [1.82, 2.24) is 40.4 Å². The summed E-state index contributed by atoms with van der Waals surface area (Å²) in [6.45, 7) is 8.49. The Labute approximate surface area is 212 Å². The number of nitrogens with one attached hydrogen (secondary N) is 1. The smallest absolute Gasteiger partial charge is 0.267 e. The summed E-state index contributed by atoms with van der Waals surface area (Å²) in [7, 11) is 0. The first-order chi connectivity index (χ1) is 17.8. The molecule has 2 N–H and O–H groups in total. The van der Waals surface area contributed by atoms with Crippen molar-refractivity contribution in [2.75, 3.05) is 26.3 Å². The Morgan fingerprint density at radius 1 is 1.22 bits per heavy atom. The highest BCUT2D eigenvalue weighted by molar-refractivity contribution is 5.93. The van der Waals surface area contributed by atoms with Gasteiger partial charge in [-0.25, -0.2) is 9.52 Å². The Morgan fingerprint density at radius 2 is 2.03 bits per heavy atom. The zero-order valence-corrected chi connectivity index (χ0v) is 20.8. The number of hydrogen-bond acceptors (Lipinski definition) is 11. The number of hydrazine groups is 1. The number of nitrogens with zero attached hydrogens (tertiary/aromatic N) is 7. The molecule has 0 aromatic carbocycles. The Kier molecular flexibility index (Phi) is 6.82. The summed E-state index contributed by atoms with van der Waals surface area (Å²) in [6, 6.07) is 5.05. The van der Waals surface area contributed by atoms with Crippen molar-refractivity contribution in [3.05, 3.63) is 53.2 Å². The molecule has 1 aliphatic heterocycles. The van der Waals surface area contributed by atoms with Crippen molar-refractivity contribution in [3.8, 4) is 17.4 Å². The van der Waals surface area contributed by atoms with E-state index in [9.17, 15) is 9.90 Å². The molecule has 4 aromatic rings. The van der Waals surface area contributed by atoms with Crippen molar-refractivity contribution >= 4 is 11.4 Å². The molecule has 13 nitrogen and oxygen atoms in total. The number of carbonyl (C=O) groups excluding carboxylic acids is 1. The van der Waals surface area contributed by atoms with Gasteiger partial charge in [0, 0.05) is 30.9 Å². The first-order valence-corrected chi connectivity index (χ1v) is 11.9. The van der Waals surface area contributed by atoms with E-state index in [1.54, 1.807) is 28.9 Å². The fourth-order valence-electron chi connectivity index (χ4n) is 4.00. The van der Waals surface area contributed by atoms with Crippen LogP contribution in [-0.4, -0.2) is 72.3 Å². The quantitative estimate of drug-likeness (QED) is 0.373. The molecular formula is C24H28N8O5. The molecule has 0 radical (unpaired) electrons. The van der Waals surface area contributed by atoms with Crippen molar-refractivity contribution in [2.45, 2.75) is 39.4 Å². The Morgan fingerprint density at radius 3 is 2.70 bits per heavy atom. The second-order valence-electron chi connectivity index (χ2n) is 9.60. The molecule has 194 valence electrons. The van der Waals surface area contributed by atoms with Gasteiger partial charge in [-0.2, -0.15) is 5.10 Å². The van der Waals surface area contributed by atoms with Gasteiger partial charge in [-0.05, 0) is 17.5 Å². The van der Waals surface area contributed by atoms with Crippen molar-refractivity contribution in [1.29, 1.82) is 0 Å². The molecule has 0 atom stereocenters. The topological polar surface area (TPSA) is 153 Å². The van der Waals surface area contributed by atoms with Gasteiger partial charge in [-0.1, -0.05) is 25.9 Å². The number of fused-ring (bicyclic) bond motifs is 1. The van der Waals surface area contributed by atoms with Gasteiger partial charge in [0.1, 0.15) is 13.2 Å². The van der Waals surface area contributed by atoms with E-state index in [1.807, 2.05) is 5.01 Å². The molecule has 37 heavy (non-hydrogen) atoms. The molecule has 0 saturated carbocycles. The van der Waals surface area contributed by atoms with Gasteiger partial charge < -0.3 is 19.1 Å². The van der Waals surface area contributed by atoms with Crippen LogP contribution < -0.4 is 10.2 Å². The fourth-order valence-corrected chi connectivity index (χ4v) is 4.00. The van der Waals surface area contributed by atoms with Gasteiger partial charge in [-0.3, -0.25) is 15.2 Å². The summed E-state index contributed by atoms with van der Waals surface area (Å²) in [6.07, 6.45) is 3.15. The summed E-state index contributed by atoms with van der Waals surface area (Å²) >= 11 is 0. The van der Waals surface area contributed by atoms with E-state index in [-0.39, 0.29) is 24.5 Å². The van der Waals surface area contributed by atoms with Crippen LogP contribution in [-0.2, 0) is 23.4 Å². The maximum atomic E-state index is 12.5. The average Bonchev–Trinajstić information content (AvgIpc) is 3.53. The SMILES string of the molecule is CC(C)(C)c1c(OCc2ccc(C(=O)NN3CCOCC3)cn2)nn2c(-c3cc(CO)on3)nncc12. The van der Waals surface area contributed by atoms with Crippen molar-refractivity contribution in [2.24, 2.45) is 0 Å². The second-order valence-corrected chi connectivity index (χ2v) is 9.60. The lowest BCUT2D eigenvalue weighted by Crippen LogP contribution is -2.48. The van der Waals surface area contributed by atoms with Crippen LogP contribution in [0.1, 0.15) is 48.1 Å². The number of aliphatic hydroxyl groups excluding tert-OH is 1. The van der Waals surface area contributed by atoms with E-state index < -0.39 is 0 Å². The largest absolute Gasteiger partial charge is 0.470 e. The molecule has 0 bridgehead atoms. The number of ether oxygens (including phenoxy) is 2. The van der Waals surface area contributed by atoms with Crippen LogP contribution in [0.2, 0.25) is 0 Å². The summed E-state index contributed by atoms with van der Waals surface area (Å²) in [5, 5.41) is 28.1. The van der Waals surface area contributed by atoms with E-state index >= 15 is 0 Å². The maximum Gasteiger partial charge on any atom is 0.267 e. The van der Waals surface area contributed by atoms with Gasteiger partial charge in [0.15, 0.2) is 11.5 Å². The highest BCUT2D eigenvalue weighted by atomic mass is 16.5. The van der Waals surface area contributed by atoms with E-state index in [0.717, 1.165) is 5.56 Å². The molecule has 0 spiro atoms. The first kappa shape index (κ1) is 24.7. The summed E-state index contributed by atoms with van der Waals surface area (Å²) in [5.41, 5.74) is 5.58. The van der Waals surface area contributed by atoms with Crippen molar-refractivity contribution < 1.29 is 23.9 Å². The Bertz CT molecular complexity index is 1390. The molecule has 1 fully saturated rings. The lowest BCUT2D eigenvalue weighted by atomic mass is 9.88. The molecule has 1 amide bonds. The van der Waals surface area contributed by atoms with Crippen LogP contribution in [0, 0.1) is 0 Å². The number of hydrogen-bond donors (Lipinski definition) is 2. The monoisotopic (exact) mass is 508 g/mol. The molecular weight excluding hydrogens is 480 g/mol. The zero-order chi connectivity index (χ0) is 26.0. The minimum atomic E-state index is -0.327. The molecule has 0 unspecified atom stereocenters. The third-order valence-corrected chi connectivity index (χ3v) is 5.83. The number of morpholine rings is 1. The van der Waals surface area contributed by atoms with E-state index in [0.29, 0.717) is 66.2 Å².